The molecule has 0 radical (unpaired) electrons. The SMILES string of the molecule is O=C(c1ccc(Cl)c([N+](=O)[O-])c1)N1CCN=C1SCc1ccc(Cl)c(Cl)c1. The Labute approximate surface area is 174 Å². The second-order valence-corrected chi connectivity index (χ2v) is 7.75. The van der Waals surface area contributed by atoms with Crippen LogP contribution in [0, 0.1) is 10.1 Å². The van der Waals surface area contributed by atoms with Crippen LogP contribution in [0.2, 0.25) is 15.1 Å². The van der Waals surface area contributed by atoms with Crippen molar-refractivity contribution in [3.8, 4) is 0 Å². The average Bonchev–Trinajstić information content (AvgIpc) is 3.11. The number of rotatable bonds is 4. The molecule has 140 valence electrons. The molecule has 0 aromatic heterocycles. The smallest absolute Gasteiger partial charge is 0.286 e. The lowest BCUT2D eigenvalue weighted by molar-refractivity contribution is -0.384. The first-order chi connectivity index (χ1) is 12.9. The molecule has 1 heterocycles. The molecule has 10 heteroatoms. The number of nitro groups is 1. The average molecular weight is 445 g/mol. The predicted octanol–water partition coefficient (Wildman–Crippen LogP) is 5.30. The zero-order chi connectivity index (χ0) is 19.6. The number of nitro benzene ring substituents is 1. The fourth-order valence-corrected chi connectivity index (χ4v) is 3.95. The van der Waals surface area contributed by atoms with E-state index in [2.05, 4.69) is 4.99 Å². The Morgan fingerprint density at radius 2 is 1.89 bits per heavy atom. The summed E-state index contributed by atoms with van der Waals surface area (Å²) in [5.74, 6) is 0.202. The van der Waals surface area contributed by atoms with Gasteiger partial charge in [0.05, 0.1) is 21.5 Å². The molecule has 27 heavy (non-hydrogen) atoms. The van der Waals surface area contributed by atoms with E-state index in [9.17, 15) is 14.9 Å². The highest BCUT2D eigenvalue weighted by molar-refractivity contribution is 8.13. The topological polar surface area (TPSA) is 75.8 Å². The number of nitrogens with zero attached hydrogens (tertiary/aromatic N) is 3. The summed E-state index contributed by atoms with van der Waals surface area (Å²) in [7, 11) is 0. The van der Waals surface area contributed by atoms with E-state index in [4.69, 9.17) is 34.8 Å². The zero-order valence-corrected chi connectivity index (χ0v) is 16.8. The lowest BCUT2D eigenvalue weighted by atomic mass is 10.2. The van der Waals surface area contributed by atoms with Gasteiger partial charge in [0, 0.05) is 23.9 Å². The van der Waals surface area contributed by atoms with E-state index in [1.165, 1.54) is 34.9 Å². The Hall–Kier alpha value is -1.80. The fourth-order valence-electron chi connectivity index (χ4n) is 2.46. The molecule has 0 N–H and O–H groups in total. The number of thioether (sulfide) groups is 1. The van der Waals surface area contributed by atoms with E-state index < -0.39 is 4.92 Å². The van der Waals surface area contributed by atoms with Crippen LogP contribution in [0.1, 0.15) is 15.9 Å². The molecule has 0 saturated heterocycles. The van der Waals surface area contributed by atoms with E-state index in [1.807, 2.05) is 6.07 Å². The molecule has 0 fully saturated rings. The molecule has 0 aliphatic carbocycles. The first kappa shape index (κ1) is 19.9. The first-order valence-corrected chi connectivity index (χ1v) is 9.86. The van der Waals surface area contributed by atoms with Crippen molar-refractivity contribution in [2.24, 2.45) is 4.99 Å². The minimum atomic E-state index is -0.614. The number of carbonyl (C=O) groups excluding carboxylic acids is 1. The standard InChI is InChI=1S/C17H12Cl3N3O3S/c18-12-3-1-10(7-14(12)20)9-27-17-21-5-6-22(17)16(24)11-2-4-13(19)15(8-11)23(25)26/h1-4,7-8H,5-6,9H2. The van der Waals surface area contributed by atoms with Crippen LogP contribution in [0.4, 0.5) is 5.69 Å². The van der Waals surface area contributed by atoms with Gasteiger partial charge in [-0.1, -0.05) is 52.6 Å². The van der Waals surface area contributed by atoms with Gasteiger partial charge in [-0.2, -0.15) is 0 Å². The van der Waals surface area contributed by atoms with E-state index in [1.54, 1.807) is 12.1 Å². The van der Waals surface area contributed by atoms with Gasteiger partial charge in [0.1, 0.15) is 5.02 Å². The molecule has 0 saturated carbocycles. The van der Waals surface area contributed by atoms with Gasteiger partial charge in [-0.3, -0.25) is 24.8 Å². The molecule has 0 atom stereocenters. The summed E-state index contributed by atoms with van der Waals surface area (Å²) in [6.45, 7) is 0.893. The predicted molar refractivity (Wildman–Crippen MR) is 109 cm³/mol. The quantitative estimate of drug-likeness (QED) is 0.473. The third-order valence-corrected chi connectivity index (χ3v) is 5.93. The number of carbonyl (C=O) groups is 1. The van der Waals surface area contributed by atoms with Gasteiger partial charge >= 0.3 is 0 Å². The van der Waals surface area contributed by atoms with Gasteiger partial charge in [0.15, 0.2) is 5.17 Å². The van der Waals surface area contributed by atoms with Crippen LogP contribution >= 0.6 is 46.6 Å². The molecule has 2 aromatic rings. The van der Waals surface area contributed by atoms with Crippen LogP contribution in [0.25, 0.3) is 0 Å². The molecule has 0 unspecified atom stereocenters. The molecular formula is C17H12Cl3N3O3S. The zero-order valence-electron chi connectivity index (χ0n) is 13.7. The number of amidine groups is 1. The van der Waals surface area contributed by atoms with Gasteiger partial charge in [-0.25, -0.2) is 0 Å². The molecular weight excluding hydrogens is 433 g/mol. The summed E-state index contributed by atoms with van der Waals surface area (Å²) >= 11 is 19.1. The van der Waals surface area contributed by atoms with E-state index >= 15 is 0 Å². The van der Waals surface area contributed by atoms with Gasteiger partial charge in [0.25, 0.3) is 11.6 Å². The van der Waals surface area contributed by atoms with Gasteiger partial charge in [-0.05, 0) is 29.8 Å². The minimum absolute atomic E-state index is 0.0131. The summed E-state index contributed by atoms with van der Waals surface area (Å²) in [4.78, 5) is 29.1. The van der Waals surface area contributed by atoms with Crippen LogP contribution < -0.4 is 0 Å². The normalized spacial score (nSPS) is 13.6. The summed E-state index contributed by atoms with van der Waals surface area (Å²) in [6.07, 6.45) is 0. The highest BCUT2D eigenvalue weighted by Gasteiger charge is 2.27. The van der Waals surface area contributed by atoms with Gasteiger partial charge in [0.2, 0.25) is 0 Å². The highest BCUT2D eigenvalue weighted by atomic mass is 35.5. The maximum absolute atomic E-state index is 12.8. The van der Waals surface area contributed by atoms with Crippen LogP contribution in [0.15, 0.2) is 41.4 Å². The van der Waals surface area contributed by atoms with Crippen molar-refractivity contribution < 1.29 is 9.72 Å². The number of amides is 1. The van der Waals surface area contributed by atoms with Crippen molar-refractivity contribution >= 4 is 63.3 Å². The maximum Gasteiger partial charge on any atom is 0.288 e. The molecule has 2 aromatic carbocycles. The lowest BCUT2D eigenvalue weighted by Crippen LogP contribution is -2.32. The van der Waals surface area contributed by atoms with Crippen molar-refractivity contribution in [3.63, 3.8) is 0 Å². The highest BCUT2D eigenvalue weighted by Crippen LogP contribution is 2.29. The number of benzene rings is 2. The van der Waals surface area contributed by atoms with Crippen LogP contribution in [-0.2, 0) is 5.75 Å². The summed E-state index contributed by atoms with van der Waals surface area (Å²) in [5.41, 5.74) is 0.832. The van der Waals surface area contributed by atoms with Crippen LogP contribution in [-0.4, -0.2) is 34.0 Å². The van der Waals surface area contributed by atoms with E-state index in [-0.39, 0.29) is 22.2 Å². The lowest BCUT2D eigenvalue weighted by Gasteiger charge is -2.18. The van der Waals surface area contributed by atoms with Crippen molar-refractivity contribution in [2.45, 2.75) is 5.75 Å². The number of hydrogen-bond acceptors (Lipinski definition) is 5. The van der Waals surface area contributed by atoms with Crippen LogP contribution in [0.5, 0.6) is 0 Å². The second-order valence-electron chi connectivity index (χ2n) is 5.58. The summed E-state index contributed by atoms with van der Waals surface area (Å²) in [6, 6.07) is 9.34. The number of halogens is 3. The third-order valence-electron chi connectivity index (χ3n) is 3.79. The molecule has 1 aliphatic rings. The largest absolute Gasteiger partial charge is 0.288 e. The minimum Gasteiger partial charge on any atom is -0.286 e. The van der Waals surface area contributed by atoms with E-state index in [0.29, 0.717) is 34.1 Å². The van der Waals surface area contributed by atoms with Crippen molar-refractivity contribution in [3.05, 3.63) is 72.7 Å². The number of hydrogen-bond donors (Lipinski definition) is 0. The van der Waals surface area contributed by atoms with Crippen molar-refractivity contribution in [1.29, 1.82) is 0 Å². The monoisotopic (exact) mass is 443 g/mol. The Bertz CT molecular complexity index is 952. The molecule has 3 rings (SSSR count). The molecule has 0 bridgehead atoms. The fraction of sp³-hybridized carbons (Fsp3) is 0.176. The van der Waals surface area contributed by atoms with E-state index in [0.717, 1.165) is 5.56 Å². The van der Waals surface area contributed by atoms with Crippen molar-refractivity contribution in [2.75, 3.05) is 13.1 Å². The summed E-state index contributed by atoms with van der Waals surface area (Å²) in [5, 5.41) is 12.5. The van der Waals surface area contributed by atoms with Crippen molar-refractivity contribution in [1.82, 2.24) is 4.90 Å². The summed E-state index contributed by atoms with van der Waals surface area (Å²) < 4.78 is 0. The molecule has 1 aliphatic heterocycles. The second kappa shape index (κ2) is 8.48. The Kier molecular flexibility index (Phi) is 6.26. The Balaban J connectivity index is 1.73. The first-order valence-electron chi connectivity index (χ1n) is 7.74. The third kappa shape index (κ3) is 4.55. The number of aliphatic imine (C=N–C) groups is 1. The van der Waals surface area contributed by atoms with Gasteiger partial charge < -0.3 is 0 Å². The maximum atomic E-state index is 12.8. The van der Waals surface area contributed by atoms with Gasteiger partial charge in [-0.15, -0.1) is 0 Å². The Morgan fingerprint density at radius 1 is 1.15 bits per heavy atom. The van der Waals surface area contributed by atoms with Crippen LogP contribution in [0.3, 0.4) is 0 Å². The Morgan fingerprint density at radius 3 is 2.59 bits per heavy atom. The molecule has 0 spiro atoms. The molecule has 1 amide bonds. The molecule has 6 nitrogen and oxygen atoms in total.